The normalized spacial score (nSPS) is 10.7. The van der Waals surface area contributed by atoms with Crippen LogP contribution in [0.2, 0.25) is 5.02 Å². The van der Waals surface area contributed by atoms with Gasteiger partial charge in [-0.2, -0.15) is 0 Å². The van der Waals surface area contributed by atoms with Crippen LogP contribution in [0.25, 0.3) is 0 Å². The first kappa shape index (κ1) is 15.6. The van der Waals surface area contributed by atoms with Crippen LogP contribution in [-0.4, -0.2) is 14.5 Å². The molecule has 4 nitrogen and oxygen atoms in total. The highest BCUT2D eigenvalue weighted by molar-refractivity contribution is 6.31. The van der Waals surface area contributed by atoms with Gasteiger partial charge in [-0.1, -0.05) is 23.7 Å². The van der Waals surface area contributed by atoms with Crippen LogP contribution in [0, 0.1) is 13.8 Å². The number of benzene rings is 1. The molecule has 118 valence electrons. The van der Waals surface area contributed by atoms with Crippen molar-refractivity contribution in [3.8, 4) is 5.75 Å². The van der Waals surface area contributed by atoms with Crippen LogP contribution in [0.1, 0.15) is 22.6 Å². The molecule has 0 aliphatic carbocycles. The maximum absolute atomic E-state index is 6.43. The fraction of sp³-hybridized carbons (Fsp3) is 0.222. The molecule has 2 heterocycles. The molecule has 1 aromatic carbocycles. The Kier molecular flexibility index (Phi) is 4.63. The van der Waals surface area contributed by atoms with Gasteiger partial charge in [0.15, 0.2) is 0 Å². The second-order valence-electron chi connectivity index (χ2n) is 5.44. The molecule has 23 heavy (non-hydrogen) atoms. The SMILES string of the molecule is Cc1cnc(C)n1Cc1ccc(COc2cccnc2)cc1Cl. The van der Waals surface area contributed by atoms with E-state index in [0.29, 0.717) is 6.61 Å². The predicted molar refractivity (Wildman–Crippen MR) is 90.8 cm³/mol. The van der Waals surface area contributed by atoms with Gasteiger partial charge < -0.3 is 9.30 Å². The number of hydrogen-bond acceptors (Lipinski definition) is 3. The number of rotatable bonds is 5. The van der Waals surface area contributed by atoms with Crippen molar-refractivity contribution in [1.82, 2.24) is 14.5 Å². The Morgan fingerprint density at radius 1 is 1.17 bits per heavy atom. The van der Waals surface area contributed by atoms with E-state index >= 15 is 0 Å². The highest BCUT2D eigenvalue weighted by Gasteiger charge is 2.07. The zero-order valence-electron chi connectivity index (χ0n) is 13.2. The topological polar surface area (TPSA) is 39.9 Å². The van der Waals surface area contributed by atoms with E-state index in [2.05, 4.69) is 14.5 Å². The summed E-state index contributed by atoms with van der Waals surface area (Å²) in [6, 6.07) is 9.77. The Morgan fingerprint density at radius 3 is 2.70 bits per heavy atom. The molecular weight excluding hydrogens is 310 g/mol. The second-order valence-corrected chi connectivity index (χ2v) is 5.84. The van der Waals surface area contributed by atoms with E-state index in [4.69, 9.17) is 16.3 Å². The molecule has 0 N–H and O–H groups in total. The highest BCUT2D eigenvalue weighted by atomic mass is 35.5. The summed E-state index contributed by atoms with van der Waals surface area (Å²) in [7, 11) is 0. The Balaban J connectivity index is 1.71. The monoisotopic (exact) mass is 327 g/mol. The van der Waals surface area contributed by atoms with Crippen LogP contribution in [-0.2, 0) is 13.2 Å². The minimum absolute atomic E-state index is 0.467. The van der Waals surface area contributed by atoms with Crippen molar-refractivity contribution in [1.29, 1.82) is 0 Å². The van der Waals surface area contributed by atoms with Gasteiger partial charge in [-0.15, -0.1) is 0 Å². The Morgan fingerprint density at radius 2 is 2.04 bits per heavy atom. The molecule has 0 saturated heterocycles. The minimum atomic E-state index is 0.467. The average molecular weight is 328 g/mol. The van der Waals surface area contributed by atoms with Crippen molar-refractivity contribution >= 4 is 11.6 Å². The van der Waals surface area contributed by atoms with Gasteiger partial charge in [0.1, 0.15) is 18.2 Å². The largest absolute Gasteiger partial charge is 0.487 e. The number of aryl methyl sites for hydroxylation is 2. The lowest BCUT2D eigenvalue weighted by Crippen LogP contribution is -2.05. The number of aromatic nitrogens is 3. The van der Waals surface area contributed by atoms with Crippen LogP contribution in [0.15, 0.2) is 48.9 Å². The van der Waals surface area contributed by atoms with E-state index in [1.54, 1.807) is 12.4 Å². The second kappa shape index (κ2) is 6.84. The van der Waals surface area contributed by atoms with Gasteiger partial charge in [0.25, 0.3) is 0 Å². The molecule has 0 fully saturated rings. The summed E-state index contributed by atoms with van der Waals surface area (Å²) in [5.41, 5.74) is 3.23. The molecule has 0 amide bonds. The van der Waals surface area contributed by atoms with Crippen LogP contribution in [0.3, 0.4) is 0 Å². The zero-order valence-corrected chi connectivity index (χ0v) is 13.9. The van der Waals surface area contributed by atoms with E-state index in [1.165, 1.54) is 0 Å². The molecule has 0 unspecified atom stereocenters. The summed E-state index contributed by atoms with van der Waals surface area (Å²) in [4.78, 5) is 8.34. The third-order valence-corrected chi connectivity index (χ3v) is 4.09. The summed E-state index contributed by atoms with van der Waals surface area (Å²) in [5.74, 6) is 1.74. The molecule has 0 spiro atoms. The smallest absolute Gasteiger partial charge is 0.138 e. The Labute approximate surface area is 140 Å². The molecule has 2 aromatic heterocycles. The molecule has 0 saturated carbocycles. The quantitative estimate of drug-likeness (QED) is 0.706. The van der Waals surface area contributed by atoms with E-state index in [9.17, 15) is 0 Å². The predicted octanol–water partition coefficient (Wildman–Crippen LogP) is 4.18. The van der Waals surface area contributed by atoms with Gasteiger partial charge in [-0.05, 0) is 43.2 Å². The van der Waals surface area contributed by atoms with Crippen molar-refractivity contribution in [2.75, 3.05) is 0 Å². The maximum Gasteiger partial charge on any atom is 0.138 e. The zero-order chi connectivity index (χ0) is 16.2. The van der Waals surface area contributed by atoms with E-state index in [1.807, 2.05) is 50.4 Å². The number of imidazole rings is 1. The molecule has 3 rings (SSSR count). The van der Waals surface area contributed by atoms with Crippen LogP contribution in [0.4, 0.5) is 0 Å². The number of halogens is 1. The summed E-state index contributed by atoms with van der Waals surface area (Å²) in [5, 5.41) is 0.741. The molecule has 3 aromatic rings. The molecule has 0 aliphatic rings. The van der Waals surface area contributed by atoms with Crippen molar-refractivity contribution in [2.45, 2.75) is 27.0 Å². The number of hydrogen-bond donors (Lipinski definition) is 0. The standard InChI is InChI=1S/C18H18ClN3O/c1-13-9-21-14(2)22(13)11-16-6-5-15(8-18(16)19)12-23-17-4-3-7-20-10-17/h3-10H,11-12H2,1-2H3. The molecule has 0 radical (unpaired) electrons. The van der Waals surface area contributed by atoms with Gasteiger partial charge in [0.2, 0.25) is 0 Å². The van der Waals surface area contributed by atoms with Crippen LogP contribution >= 0.6 is 11.6 Å². The van der Waals surface area contributed by atoms with Crippen LogP contribution in [0.5, 0.6) is 5.75 Å². The van der Waals surface area contributed by atoms with Crippen molar-refractivity contribution in [3.63, 3.8) is 0 Å². The molecular formula is C18H18ClN3O. The first-order chi connectivity index (χ1) is 11.1. The maximum atomic E-state index is 6.43. The van der Waals surface area contributed by atoms with Gasteiger partial charge in [0.05, 0.1) is 12.7 Å². The summed E-state index contributed by atoms with van der Waals surface area (Å²) < 4.78 is 7.84. The van der Waals surface area contributed by atoms with E-state index in [-0.39, 0.29) is 0 Å². The Bertz CT molecular complexity index is 780. The average Bonchev–Trinajstić information content (AvgIpc) is 2.88. The number of ether oxygens (including phenoxy) is 1. The highest BCUT2D eigenvalue weighted by Crippen LogP contribution is 2.21. The lowest BCUT2D eigenvalue weighted by Gasteiger charge is -2.11. The Hall–Kier alpha value is -2.33. The summed E-state index contributed by atoms with van der Waals surface area (Å²) in [6.45, 7) is 5.23. The lowest BCUT2D eigenvalue weighted by atomic mass is 10.1. The summed E-state index contributed by atoms with van der Waals surface area (Å²) in [6.07, 6.45) is 5.29. The van der Waals surface area contributed by atoms with Gasteiger partial charge >= 0.3 is 0 Å². The number of pyridine rings is 1. The number of nitrogens with zero attached hydrogens (tertiary/aromatic N) is 3. The third kappa shape index (κ3) is 3.71. The van der Waals surface area contributed by atoms with E-state index in [0.717, 1.165) is 40.0 Å². The van der Waals surface area contributed by atoms with Crippen molar-refractivity contribution in [3.05, 3.63) is 76.6 Å². The van der Waals surface area contributed by atoms with Gasteiger partial charge in [-0.3, -0.25) is 4.98 Å². The third-order valence-electron chi connectivity index (χ3n) is 3.74. The molecule has 0 atom stereocenters. The molecule has 0 aliphatic heterocycles. The van der Waals surface area contributed by atoms with Gasteiger partial charge in [-0.25, -0.2) is 4.98 Å². The first-order valence-electron chi connectivity index (χ1n) is 7.42. The fourth-order valence-corrected chi connectivity index (χ4v) is 2.66. The fourth-order valence-electron chi connectivity index (χ4n) is 2.40. The molecule has 0 bridgehead atoms. The minimum Gasteiger partial charge on any atom is -0.487 e. The van der Waals surface area contributed by atoms with Crippen molar-refractivity contribution in [2.24, 2.45) is 0 Å². The van der Waals surface area contributed by atoms with Crippen molar-refractivity contribution < 1.29 is 4.74 Å². The van der Waals surface area contributed by atoms with E-state index < -0.39 is 0 Å². The first-order valence-corrected chi connectivity index (χ1v) is 7.80. The van der Waals surface area contributed by atoms with Gasteiger partial charge in [0, 0.05) is 23.1 Å². The lowest BCUT2D eigenvalue weighted by molar-refractivity contribution is 0.305. The summed E-state index contributed by atoms with van der Waals surface area (Å²) >= 11 is 6.43. The van der Waals surface area contributed by atoms with Crippen LogP contribution < -0.4 is 4.74 Å². The molecule has 5 heteroatoms.